The van der Waals surface area contributed by atoms with Gasteiger partial charge in [0.05, 0.1) is 12.2 Å². The summed E-state index contributed by atoms with van der Waals surface area (Å²) in [6.45, 7) is 4.40. The Morgan fingerprint density at radius 2 is 1.81 bits per heavy atom. The van der Waals surface area contributed by atoms with Crippen LogP contribution in [-0.4, -0.2) is 28.2 Å². The molecule has 3 nitrogen and oxygen atoms in total. The molecule has 4 aliphatic rings. The highest BCUT2D eigenvalue weighted by molar-refractivity contribution is 5.84. The third kappa shape index (κ3) is 1.71. The van der Waals surface area contributed by atoms with Gasteiger partial charge in [0.2, 0.25) is 0 Å². The Morgan fingerprint density at radius 1 is 1.05 bits per heavy atom. The molecular weight excluding hydrogens is 264 g/mol. The highest BCUT2D eigenvalue weighted by Crippen LogP contribution is 2.65. The highest BCUT2D eigenvalue weighted by atomic mass is 16.3. The van der Waals surface area contributed by atoms with Crippen LogP contribution in [0.4, 0.5) is 0 Å². The number of fused-ring (bicyclic) bond motifs is 5. The van der Waals surface area contributed by atoms with E-state index in [4.69, 9.17) is 0 Å². The molecule has 0 aromatic carbocycles. The van der Waals surface area contributed by atoms with Gasteiger partial charge in [-0.2, -0.15) is 0 Å². The Bertz CT molecular complexity index is 475. The quantitative estimate of drug-likeness (QED) is 0.721. The van der Waals surface area contributed by atoms with Crippen molar-refractivity contribution in [2.45, 2.75) is 71.0 Å². The van der Waals surface area contributed by atoms with Crippen LogP contribution in [0.5, 0.6) is 0 Å². The first-order chi connectivity index (χ1) is 9.86. The second kappa shape index (κ2) is 4.32. The van der Waals surface area contributed by atoms with E-state index in [1.165, 1.54) is 0 Å². The highest BCUT2D eigenvalue weighted by Gasteiger charge is 2.64. The van der Waals surface area contributed by atoms with Gasteiger partial charge in [0, 0.05) is 17.8 Å². The lowest BCUT2D eigenvalue weighted by molar-refractivity contribution is -0.154. The fourth-order valence-corrected chi connectivity index (χ4v) is 6.95. The molecule has 0 unspecified atom stereocenters. The molecule has 0 bridgehead atoms. The largest absolute Gasteiger partial charge is 0.393 e. The summed E-state index contributed by atoms with van der Waals surface area (Å²) in [5.41, 5.74) is -0.174. The second-order valence-corrected chi connectivity index (χ2v) is 8.86. The zero-order chi connectivity index (χ0) is 15.0. The molecule has 8 atom stereocenters. The number of hydrogen-bond donors (Lipinski definition) is 2. The van der Waals surface area contributed by atoms with Crippen LogP contribution in [0.3, 0.4) is 0 Å². The first kappa shape index (κ1) is 14.2. The Balaban J connectivity index is 1.72. The van der Waals surface area contributed by atoms with Crippen LogP contribution in [0.1, 0.15) is 58.8 Å². The molecule has 3 heteroatoms. The van der Waals surface area contributed by atoms with Crippen molar-refractivity contribution in [3.63, 3.8) is 0 Å². The zero-order valence-corrected chi connectivity index (χ0v) is 13.2. The maximum absolute atomic E-state index is 13.0. The van der Waals surface area contributed by atoms with Gasteiger partial charge in [-0.1, -0.05) is 13.8 Å². The number of aliphatic hydroxyl groups excluding tert-OH is 2. The van der Waals surface area contributed by atoms with Crippen molar-refractivity contribution in [2.75, 3.05) is 0 Å². The van der Waals surface area contributed by atoms with Crippen LogP contribution >= 0.6 is 0 Å². The van der Waals surface area contributed by atoms with Gasteiger partial charge in [-0.3, -0.25) is 4.79 Å². The van der Waals surface area contributed by atoms with E-state index >= 15 is 0 Å². The maximum Gasteiger partial charge on any atom is 0.137 e. The van der Waals surface area contributed by atoms with Gasteiger partial charge in [-0.15, -0.1) is 0 Å². The van der Waals surface area contributed by atoms with Gasteiger partial charge < -0.3 is 10.2 Å². The number of ketones is 1. The Morgan fingerprint density at radius 3 is 2.57 bits per heavy atom. The van der Waals surface area contributed by atoms with E-state index in [9.17, 15) is 15.0 Å². The van der Waals surface area contributed by atoms with E-state index in [1.807, 2.05) is 0 Å². The van der Waals surface area contributed by atoms with Crippen LogP contribution in [0, 0.1) is 34.5 Å². The van der Waals surface area contributed by atoms with E-state index in [2.05, 4.69) is 13.8 Å². The Labute approximate surface area is 127 Å². The van der Waals surface area contributed by atoms with E-state index < -0.39 is 0 Å². The van der Waals surface area contributed by atoms with Crippen molar-refractivity contribution >= 4 is 5.78 Å². The number of carbonyl (C=O) groups is 1. The minimum absolute atomic E-state index is 0.00822. The lowest BCUT2D eigenvalue weighted by Crippen LogP contribution is -2.55. The van der Waals surface area contributed by atoms with E-state index in [0.717, 1.165) is 38.5 Å². The molecule has 2 N–H and O–H groups in total. The summed E-state index contributed by atoms with van der Waals surface area (Å²) >= 11 is 0. The minimum Gasteiger partial charge on any atom is -0.393 e. The Hall–Kier alpha value is -0.410. The number of hydrogen-bond acceptors (Lipinski definition) is 3. The van der Waals surface area contributed by atoms with Crippen molar-refractivity contribution < 1.29 is 15.0 Å². The molecule has 0 spiro atoms. The van der Waals surface area contributed by atoms with Gasteiger partial charge in [0.25, 0.3) is 0 Å². The lowest BCUT2D eigenvalue weighted by atomic mass is 9.48. The van der Waals surface area contributed by atoms with Gasteiger partial charge in [-0.05, 0) is 61.7 Å². The summed E-state index contributed by atoms with van der Waals surface area (Å²) in [7, 11) is 0. The molecule has 0 amide bonds. The summed E-state index contributed by atoms with van der Waals surface area (Å²) in [6.07, 6.45) is 5.95. The summed E-state index contributed by atoms with van der Waals surface area (Å²) in [4.78, 5) is 13.0. The first-order valence-electron chi connectivity index (χ1n) is 8.75. The molecule has 4 fully saturated rings. The van der Waals surface area contributed by atoms with Crippen LogP contribution in [0.15, 0.2) is 0 Å². The summed E-state index contributed by atoms with van der Waals surface area (Å²) in [6, 6.07) is 0. The smallest absolute Gasteiger partial charge is 0.137 e. The van der Waals surface area contributed by atoms with Gasteiger partial charge >= 0.3 is 0 Å². The van der Waals surface area contributed by atoms with Crippen molar-refractivity contribution in [1.29, 1.82) is 0 Å². The van der Waals surface area contributed by atoms with Gasteiger partial charge in [0.1, 0.15) is 5.78 Å². The molecule has 0 saturated heterocycles. The maximum atomic E-state index is 13.0. The van der Waals surface area contributed by atoms with Crippen molar-refractivity contribution in [3.8, 4) is 0 Å². The third-order valence-corrected chi connectivity index (χ3v) is 7.93. The molecule has 118 valence electrons. The molecular formula is C18H28O3. The summed E-state index contributed by atoms with van der Waals surface area (Å²) < 4.78 is 0. The van der Waals surface area contributed by atoms with Crippen molar-refractivity contribution in [1.82, 2.24) is 0 Å². The monoisotopic (exact) mass is 292 g/mol. The topological polar surface area (TPSA) is 57.5 Å². The molecule has 0 aromatic rings. The van der Waals surface area contributed by atoms with E-state index in [-0.39, 0.29) is 29.0 Å². The second-order valence-electron chi connectivity index (χ2n) is 8.86. The standard InChI is InChI=1S/C18H28O3/c1-17-8-11(19)7-10(17)3-4-12-13-5-6-15(21)18(13,2)9-14(20)16(12)17/h10-13,15-16,19,21H,3-9H2,1-2H3/t10-,11+,12+,13+,15+,16-,17+,18-/m1/s1. The Kier molecular flexibility index (Phi) is 2.92. The SMILES string of the molecule is C[C@@]12CC(=O)[C@H]3[C@@H](CC[C@@H]4C[C@H](O)C[C@@]43C)[C@@H]1CC[C@@H]2O. The van der Waals surface area contributed by atoms with Crippen LogP contribution in [0.25, 0.3) is 0 Å². The van der Waals surface area contributed by atoms with E-state index in [1.54, 1.807) is 0 Å². The molecule has 21 heavy (non-hydrogen) atoms. The lowest BCUT2D eigenvalue weighted by Gasteiger charge is -2.55. The average Bonchev–Trinajstić information content (AvgIpc) is 2.85. The fourth-order valence-electron chi connectivity index (χ4n) is 6.95. The summed E-state index contributed by atoms with van der Waals surface area (Å²) in [5.74, 6) is 1.98. The fraction of sp³-hybridized carbons (Fsp3) is 0.944. The molecule has 0 aliphatic heterocycles. The van der Waals surface area contributed by atoms with Gasteiger partial charge in [-0.25, -0.2) is 0 Å². The normalized spacial score (nSPS) is 59.5. The molecule has 4 saturated carbocycles. The molecule has 0 aromatic heterocycles. The number of rotatable bonds is 0. The molecule has 0 heterocycles. The summed E-state index contributed by atoms with van der Waals surface area (Å²) in [5, 5.41) is 20.5. The van der Waals surface area contributed by atoms with Gasteiger partial charge in [0.15, 0.2) is 0 Å². The van der Waals surface area contributed by atoms with Crippen molar-refractivity contribution in [3.05, 3.63) is 0 Å². The molecule has 4 aliphatic carbocycles. The van der Waals surface area contributed by atoms with Crippen molar-refractivity contribution in [2.24, 2.45) is 34.5 Å². The van der Waals surface area contributed by atoms with Crippen LogP contribution in [0.2, 0.25) is 0 Å². The third-order valence-electron chi connectivity index (χ3n) is 7.93. The van der Waals surface area contributed by atoms with Crippen LogP contribution < -0.4 is 0 Å². The molecule has 0 radical (unpaired) electrons. The zero-order valence-electron chi connectivity index (χ0n) is 13.2. The molecule has 4 rings (SSSR count). The number of carbonyl (C=O) groups excluding carboxylic acids is 1. The number of Topliss-reactive ketones (excluding diaryl/α,β-unsaturated/α-hetero) is 1. The average molecular weight is 292 g/mol. The first-order valence-corrected chi connectivity index (χ1v) is 8.75. The van der Waals surface area contributed by atoms with E-state index in [0.29, 0.717) is 30.0 Å². The predicted molar refractivity (Wildman–Crippen MR) is 79.5 cm³/mol. The number of aliphatic hydroxyl groups is 2. The predicted octanol–water partition coefficient (Wildman–Crippen LogP) is 2.54. The van der Waals surface area contributed by atoms with Crippen LogP contribution in [-0.2, 0) is 4.79 Å². The minimum atomic E-state index is -0.299.